The number of nitrogens with zero attached hydrogens (tertiary/aromatic N) is 5. The Balaban J connectivity index is 0.000000448. The van der Waals surface area contributed by atoms with Gasteiger partial charge in [0.25, 0.3) is 5.91 Å². The number of anilines is 1. The Bertz CT molecular complexity index is 1190. The first kappa shape index (κ1) is 28.5. The molecule has 1 aliphatic carbocycles. The smallest absolute Gasteiger partial charge is 0.475 e. The van der Waals surface area contributed by atoms with Crippen LogP contribution in [0, 0.1) is 19.8 Å². The maximum Gasteiger partial charge on any atom is 0.490 e. The quantitative estimate of drug-likeness (QED) is 0.625. The van der Waals surface area contributed by atoms with Gasteiger partial charge in [-0.25, -0.2) is 4.79 Å². The van der Waals surface area contributed by atoms with Crippen molar-refractivity contribution in [2.24, 2.45) is 5.92 Å². The Hall–Kier alpha value is -3.54. The lowest BCUT2D eigenvalue weighted by Crippen LogP contribution is -2.69. The molecule has 210 valence electrons. The molecule has 3 fully saturated rings. The normalized spacial score (nSPS) is 19.5. The van der Waals surface area contributed by atoms with Crippen molar-refractivity contribution in [1.29, 1.82) is 0 Å². The van der Waals surface area contributed by atoms with E-state index in [-0.39, 0.29) is 11.8 Å². The van der Waals surface area contributed by atoms with Crippen molar-refractivity contribution in [1.82, 2.24) is 19.8 Å². The Morgan fingerprint density at radius 3 is 2.05 bits per heavy atom. The summed E-state index contributed by atoms with van der Waals surface area (Å²) >= 11 is 0. The SMILES string of the molecule is Cc1ccc(C(=O)N2CCC3(CC2)C(=O)N(c2ccc(C)nc2)CCN3CC2CC2)cn1.O=C(O)C(F)(F)F. The summed E-state index contributed by atoms with van der Waals surface area (Å²) in [6, 6.07) is 7.66. The van der Waals surface area contributed by atoms with Gasteiger partial charge in [0.05, 0.1) is 17.4 Å². The van der Waals surface area contributed by atoms with E-state index < -0.39 is 17.7 Å². The van der Waals surface area contributed by atoms with E-state index in [9.17, 15) is 22.8 Å². The zero-order chi connectivity index (χ0) is 28.4. The summed E-state index contributed by atoms with van der Waals surface area (Å²) in [4.78, 5) is 50.7. The number of alkyl halides is 3. The number of aliphatic carboxylic acids is 1. The van der Waals surface area contributed by atoms with Crippen molar-refractivity contribution >= 4 is 23.5 Å². The van der Waals surface area contributed by atoms with Gasteiger partial charge in [0.2, 0.25) is 5.91 Å². The number of piperidine rings is 1. The minimum atomic E-state index is -5.08. The topological polar surface area (TPSA) is 107 Å². The lowest BCUT2D eigenvalue weighted by atomic mass is 9.81. The summed E-state index contributed by atoms with van der Waals surface area (Å²) in [5.41, 5.74) is 2.79. The van der Waals surface area contributed by atoms with Gasteiger partial charge in [-0.15, -0.1) is 0 Å². The Morgan fingerprint density at radius 1 is 0.974 bits per heavy atom. The minimum Gasteiger partial charge on any atom is -0.475 e. The van der Waals surface area contributed by atoms with Crippen molar-refractivity contribution in [2.75, 3.05) is 37.6 Å². The Labute approximate surface area is 224 Å². The molecule has 2 aliphatic heterocycles. The van der Waals surface area contributed by atoms with Crippen molar-refractivity contribution in [2.45, 2.75) is 51.2 Å². The molecule has 1 spiro atoms. The molecule has 4 heterocycles. The van der Waals surface area contributed by atoms with Crippen LogP contribution in [-0.2, 0) is 9.59 Å². The molecule has 2 aromatic heterocycles. The summed E-state index contributed by atoms with van der Waals surface area (Å²) in [6.07, 6.45) is 2.23. The number of aromatic nitrogens is 2. The van der Waals surface area contributed by atoms with Crippen LogP contribution in [0.2, 0.25) is 0 Å². The van der Waals surface area contributed by atoms with E-state index in [0.717, 1.165) is 30.2 Å². The zero-order valence-corrected chi connectivity index (χ0v) is 21.9. The van der Waals surface area contributed by atoms with Crippen LogP contribution < -0.4 is 4.90 Å². The second kappa shape index (κ2) is 11.3. The van der Waals surface area contributed by atoms with E-state index in [1.165, 1.54) is 12.8 Å². The molecule has 9 nitrogen and oxygen atoms in total. The van der Waals surface area contributed by atoms with Crippen LogP contribution in [0.4, 0.5) is 18.9 Å². The molecule has 2 amide bonds. The fourth-order valence-corrected chi connectivity index (χ4v) is 5.05. The fourth-order valence-electron chi connectivity index (χ4n) is 5.05. The van der Waals surface area contributed by atoms with E-state index in [0.29, 0.717) is 44.0 Å². The number of piperazine rings is 1. The predicted octanol–water partition coefficient (Wildman–Crippen LogP) is 3.46. The number of carboxylic acid groups (broad SMARTS) is 1. The van der Waals surface area contributed by atoms with Crippen molar-refractivity contribution in [3.63, 3.8) is 0 Å². The first-order valence-corrected chi connectivity index (χ1v) is 12.9. The van der Waals surface area contributed by atoms with E-state index in [4.69, 9.17) is 9.90 Å². The molecule has 39 heavy (non-hydrogen) atoms. The molecule has 2 aromatic rings. The number of amides is 2. The first-order valence-electron chi connectivity index (χ1n) is 12.9. The van der Waals surface area contributed by atoms with Crippen LogP contribution in [0.1, 0.15) is 47.4 Å². The largest absolute Gasteiger partial charge is 0.490 e. The highest BCUT2D eigenvalue weighted by molar-refractivity contribution is 6.01. The number of carboxylic acids is 1. The third kappa shape index (κ3) is 6.55. The van der Waals surface area contributed by atoms with Gasteiger partial charge in [-0.3, -0.25) is 24.5 Å². The van der Waals surface area contributed by atoms with E-state index >= 15 is 0 Å². The number of hydrogen-bond donors (Lipinski definition) is 1. The van der Waals surface area contributed by atoms with Crippen LogP contribution in [0.15, 0.2) is 36.7 Å². The molecule has 0 aromatic carbocycles. The molecule has 0 atom stereocenters. The average Bonchev–Trinajstić information content (AvgIpc) is 3.72. The van der Waals surface area contributed by atoms with Crippen LogP contribution in [0.3, 0.4) is 0 Å². The Morgan fingerprint density at radius 2 is 1.56 bits per heavy atom. The second-order valence-corrected chi connectivity index (χ2v) is 10.3. The van der Waals surface area contributed by atoms with E-state index in [1.807, 2.05) is 47.9 Å². The number of hydrogen-bond acceptors (Lipinski definition) is 6. The van der Waals surface area contributed by atoms with Gasteiger partial charge in [0.15, 0.2) is 0 Å². The first-order chi connectivity index (χ1) is 18.4. The average molecular weight is 548 g/mol. The van der Waals surface area contributed by atoms with Gasteiger partial charge >= 0.3 is 12.1 Å². The number of pyridine rings is 2. The molecule has 1 N–H and O–H groups in total. The van der Waals surface area contributed by atoms with Crippen LogP contribution >= 0.6 is 0 Å². The molecule has 3 aliphatic rings. The summed E-state index contributed by atoms with van der Waals surface area (Å²) in [5.74, 6) is -1.87. The maximum absolute atomic E-state index is 13.9. The zero-order valence-electron chi connectivity index (χ0n) is 21.9. The van der Waals surface area contributed by atoms with Crippen LogP contribution in [-0.4, -0.2) is 87.1 Å². The van der Waals surface area contributed by atoms with Crippen LogP contribution in [0.25, 0.3) is 0 Å². The molecule has 0 radical (unpaired) electrons. The van der Waals surface area contributed by atoms with Gasteiger partial charge in [0.1, 0.15) is 5.54 Å². The third-order valence-electron chi connectivity index (χ3n) is 7.50. The summed E-state index contributed by atoms with van der Waals surface area (Å²) in [6.45, 7) is 7.58. The van der Waals surface area contributed by atoms with Gasteiger partial charge in [0, 0.05) is 50.3 Å². The van der Waals surface area contributed by atoms with Gasteiger partial charge in [-0.05, 0) is 69.7 Å². The number of likely N-dealkylation sites (tertiary alicyclic amines) is 1. The third-order valence-corrected chi connectivity index (χ3v) is 7.50. The number of halogens is 3. The molecule has 0 bridgehead atoms. The lowest BCUT2D eigenvalue weighted by molar-refractivity contribution is -0.192. The molecule has 1 saturated carbocycles. The number of carbonyl (C=O) groups excluding carboxylic acids is 2. The standard InChI is InChI=1S/C25H31N5O2.C2HF3O2/c1-18-3-7-21(15-26-18)23(31)28-11-9-25(10-12-28)24(32)30(22-8-4-19(2)27-16-22)14-13-29(25)17-20-5-6-20;3-2(4,5)1(6)7/h3-4,7-8,15-16,20H,5-6,9-14,17H2,1-2H3;(H,6,7). The second-order valence-electron chi connectivity index (χ2n) is 10.3. The minimum absolute atomic E-state index is 0.00365. The number of rotatable bonds is 4. The molecule has 12 heteroatoms. The Kier molecular flexibility index (Phi) is 8.24. The molecular formula is C27H32F3N5O4. The predicted molar refractivity (Wildman–Crippen MR) is 136 cm³/mol. The van der Waals surface area contributed by atoms with Crippen molar-refractivity contribution in [3.8, 4) is 0 Å². The van der Waals surface area contributed by atoms with E-state index in [1.54, 1.807) is 12.4 Å². The number of carbonyl (C=O) groups is 3. The summed E-state index contributed by atoms with van der Waals surface area (Å²) in [7, 11) is 0. The van der Waals surface area contributed by atoms with Crippen molar-refractivity contribution in [3.05, 3.63) is 53.6 Å². The lowest BCUT2D eigenvalue weighted by Gasteiger charge is -2.53. The van der Waals surface area contributed by atoms with E-state index in [2.05, 4.69) is 14.9 Å². The highest BCUT2D eigenvalue weighted by atomic mass is 19.4. The fraction of sp³-hybridized carbons (Fsp3) is 0.519. The van der Waals surface area contributed by atoms with Crippen LogP contribution in [0.5, 0.6) is 0 Å². The monoisotopic (exact) mass is 547 g/mol. The molecular weight excluding hydrogens is 515 g/mol. The van der Waals surface area contributed by atoms with Gasteiger partial charge in [-0.1, -0.05) is 0 Å². The highest BCUT2D eigenvalue weighted by Crippen LogP contribution is 2.39. The molecule has 0 unspecified atom stereocenters. The molecule has 2 saturated heterocycles. The number of aryl methyl sites for hydroxylation is 2. The highest BCUT2D eigenvalue weighted by Gasteiger charge is 2.52. The van der Waals surface area contributed by atoms with Gasteiger partial charge < -0.3 is 14.9 Å². The summed E-state index contributed by atoms with van der Waals surface area (Å²) in [5, 5.41) is 7.12. The van der Waals surface area contributed by atoms with Gasteiger partial charge in [-0.2, -0.15) is 13.2 Å². The summed E-state index contributed by atoms with van der Waals surface area (Å²) < 4.78 is 31.7. The maximum atomic E-state index is 13.9. The van der Waals surface area contributed by atoms with Crippen molar-refractivity contribution < 1.29 is 32.7 Å². The molecule has 5 rings (SSSR count).